The van der Waals surface area contributed by atoms with Gasteiger partial charge in [0.1, 0.15) is 0 Å². The third-order valence-electron chi connectivity index (χ3n) is 1.20. The van der Waals surface area contributed by atoms with Crippen LogP contribution in [0.2, 0.25) is 0 Å². The van der Waals surface area contributed by atoms with Crippen molar-refractivity contribution < 1.29 is 4.70 Å². The molecule has 1 rings (SSSR count). The molecule has 1 aliphatic heterocycles. The maximum absolute atomic E-state index is 3.97. The summed E-state index contributed by atoms with van der Waals surface area (Å²) < 4.78 is 1.92. The van der Waals surface area contributed by atoms with E-state index < -0.39 is 0 Å². The average molecular weight is 97.1 g/mol. The highest BCUT2D eigenvalue weighted by molar-refractivity contribution is 4.85. The molecule has 0 radical (unpaired) electrons. The van der Waals surface area contributed by atoms with Crippen LogP contribution in [0, 0.1) is 0 Å². The van der Waals surface area contributed by atoms with E-state index >= 15 is 0 Å². The van der Waals surface area contributed by atoms with E-state index in [-0.39, 0.29) is 0 Å². The first-order valence-corrected chi connectivity index (χ1v) is 2.41. The Bertz CT molecular complexity index is 124. The van der Waals surface area contributed by atoms with Gasteiger partial charge in [-0.05, 0) is 5.11 Å². The van der Waals surface area contributed by atoms with Gasteiger partial charge in [-0.15, -0.1) is 4.70 Å². The first-order chi connectivity index (χ1) is 3.30. The molecule has 0 N–H and O–H groups in total. The first-order valence-electron chi connectivity index (χ1n) is 2.41. The Labute approximate surface area is 43.2 Å². The van der Waals surface area contributed by atoms with Crippen molar-refractivity contribution in [2.75, 3.05) is 7.05 Å². The predicted octanol–water partition coefficient (Wildman–Crippen LogP) is 0.997. The van der Waals surface area contributed by atoms with Crippen LogP contribution in [-0.2, 0) is 0 Å². The van der Waals surface area contributed by atoms with Crippen molar-refractivity contribution in [3.8, 4) is 0 Å². The van der Waals surface area contributed by atoms with Crippen molar-refractivity contribution in [1.82, 2.24) is 0 Å². The Kier molecular flexibility index (Phi) is 0.929. The van der Waals surface area contributed by atoms with E-state index in [0.29, 0.717) is 6.04 Å². The number of nitrogens with zero attached hydrogens (tertiary/aromatic N) is 2. The Balaban J connectivity index is 2.69. The monoisotopic (exact) mass is 97.1 g/mol. The molecule has 1 heterocycles. The summed E-state index contributed by atoms with van der Waals surface area (Å²) in [7, 11) is 1.96. The Morgan fingerprint density at radius 3 is 2.57 bits per heavy atom. The topological polar surface area (TPSA) is 15.4 Å². The highest BCUT2D eigenvalue weighted by Gasteiger charge is 2.10. The van der Waals surface area contributed by atoms with E-state index in [4.69, 9.17) is 0 Å². The summed E-state index contributed by atoms with van der Waals surface area (Å²) in [6.07, 6.45) is 3.88. The minimum atomic E-state index is 0.500. The fourth-order valence-corrected chi connectivity index (χ4v) is 0.498. The van der Waals surface area contributed by atoms with Crippen LogP contribution >= 0.6 is 0 Å². The van der Waals surface area contributed by atoms with Crippen molar-refractivity contribution in [2.45, 2.75) is 13.0 Å². The molecule has 0 aliphatic carbocycles. The molecule has 7 heavy (non-hydrogen) atoms. The molecule has 2 nitrogen and oxygen atoms in total. The zero-order valence-electron chi connectivity index (χ0n) is 4.63. The van der Waals surface area contributed by atoms with Gasteiger partial charge < -0.3 is 0 Å². The van der Waals surface area contributed by atoms with Crippen LogP contribution in [0.1, 0.15) is 6.92 Å². The quantitative estimate of drug-likeness (QED) is 0.401. The molecule has 0 bridgehead atoms. The van der Waals surface area contributed by atoms with Gasteiger partial charge in [0.25, 0.3) is 0 Å². The fraction of sp³-hybridized carbons (Fsp3) is 0.600. The SMILES string of the molecule is C[C@H]1C=CN=[N+]1C. The molecule has 1 aliphatic rings. The molecule has 2 heteroatoms. The number of likely N-dealkylation sites (N-methyl/N-ethyl adjacent to an activating group) is 1. The second-order valence-corrected chi connectivity index (χ2v) is 1.77. The zero-order valence-corrected chi connectivity index (χ0v) is 4.63. The van der Waals surface area contributed by atoms with Crippen molar-refractivity contribution >= 4 is 0 Å². The van der Waals surface area contributed by atoms with Crippen LogP contribution < -0.4 is 0 Å². The summed E-state index contributed by atoms with van der Waals surface area (Å²) in [5.74, 6) is 0. The summed E-state index contributed by atoms with van der Waals surface area (Å²) in [6, 6.07) is 0.500. The lowest BCUT2D eigenvalue weighted by Crippen LogP contribution is -2.09. The first kappa shape index (κ1) is 4.50. The molecule has 0 unspecified atom stereocenters. The van der Waals surface area contributed by atoms with Crippen LogP contribution in [0.3, 0.4) is 0 Å². The van der Waals surface area contributed by atoms with Gasteiger partial charge in [-0.3, -0.25) is 0 Å². The normalized spacial score (nSPS) is 28.3. The molecule has 1 atom stereocenters. The van der Waals surface area contributed by atoms with Crippen molar-refractivity contribution in [2.24, 2.45) is 5.11 Å². The molecule has 0 aromatic rings. The third kappa shape index (κ3) is 0.683. The van der Waals surface area contributed by atoms with Crippen LogP contribution in [0.4, 0.5) is 0 Å². The molecule has 0 spiro atoms. The van der Waals surface area contributed by atoms with Gasteiger partial charge in [-0.25, -0.2) is 0 Å². The Hall–Kier alpha value is -0.660. The molecule has 0 saturated carbocycles. The van der Waals surface area contributed by atoms with Crippen molar-refractivity contribution in [3.63, 3.8) is 0 Å². The fourth-order valence-electron chi connectivity index (χ4n) is 0.498. The molecule has 0 saturated heterocycles. The minimum Gasteiger partial charge on any atom is -0.119 e. The second-order valence-electron chi connectivity index (χ2n) is 1.77. The van der Waals surface area contributed by atoms with Crippen molar-refractivity contribution in [3.05, 3.63) is 12.3 Å². The summed E-state index contributed by atoms with van der Waals surface area (Å²) in [5, 5.41) is 3.97. The van der Waals surface area contributed by atoms with Crippen LogP contribution in [0.15, 0.2) is 17.4 Å². The number of hydrogen-bond acceptors (Lipinski definition) is 1. The van der Waals surface area contributed by atoms with Gasteiger partial charge in [-0.2, -0.15) is 0 Å². The van der Waals surface area contributed by atoms with Crippen LogP contribution in [0.5, 0.6) is 0 Å². The molecule has 0 aromatic heterocycles. The van der Waals surface area contributed by atoms with Gasteiger partial charge in [-0.1, -0.05) is 0 Å². The van der Waals surface area contributed by atoms with Gasteiger partial charge in [0.15, 0.2) is 13.1 Å². The number of rotatable bonds is 0. The van der Waals surface area contributed by atoms with Gasteiger partial charge in [0.2, 0.25) is 0 Å². The maximum Gasteiger partial charge on any atom is 0.195 e. The van der Waals surface area contributed by atoms with Crippen LogP contribution in [-0.4, -0.2) is 17.8 Å². The van der Waals surface area contributed by atoms with E-state index in [1.807, 2.05) is 17.9 Å². The van der Waals surface area contributed by atoms with Gasteiger partial charge in [0.05, 0.1) is 6.20 Å². The predicted molar refractivity (Wildman–Crippen MR) is 27.2 cm³/mol. The molecule has 0 fully saturated rings. The molecular formula is C5H9N2+. The average Bonchev–Trinajstić information content (AvgIpc) is 1.91. The largest absolute Gasteiger partial charge is 0.195 e. The zero-order chi connectivity index (χ0) is 5.28. The van der Waals surface area contributed by atoms with E-state index in [0.717, 1.165) is 0 Å². The summed E-state index contributed by atoms with van der Waals surface area (Å²) in [6.45, 7) is 2.10. The Morgan fingerprint density at radius 1 is 1.71 bits per heavy atom. The summed E-state index contributed by atoms with van der Waals surface area (Å²) in [4.78, 5) is 0. The highest BCUT2D eigenvalue weighted by atomic mass is 15.3. The molecule has 0 amide bonds. The number of hydrogen-bond donors (Lipinski definition) is 0. The van der Waals surface area contributed by atoms with Gasteiger partial charge >= 0.3 is 0 Å². The number of azo groups is 2. The highest BCUT2D eigenvalue weighted by Crippen LogP contribution is 1.98. The smallest absolute Gasteiger partial charge is 0.119 e. The summed E-state index contributed by atoms with van der Waals surface area (Å²) >= 11 is 0. The van der Waals surface area contributed by atoms with Gasteiger partial charge in [0, 0.05) is 13.0 Å². The Morgan fingerprint density at radius 2 is 2.43 bits per heavy atom. The third-order valence-corrected chi connectivity index (χ3v) is 1.20. The van der Waals surface area contributed by atoms with E-state index in [2.05, 4.69) is 18.1 Å². The van der Waals surface area contributed by atoms with Crippen molar-refractivity contribution in [1.29, 1.82) is 0 Å². The van der Waals surface area contributed by atoms with E-state index in [1.165, 1.54) is 0 Å². The van der Waals surface area contributed by atoms with E-state index in [1.54, 1.807) is 0 Å². The lowest BCUT2D eigenvalue weighted by molar-refractivity contribution is -0.578. The molecular weight excluding hydrogens is 88.1 g/mol. The summed E-state index contributed by atoms with van der Waals surface area (Å²) in [5.41, 5.74) is 0. The minimum absolute atomic E-state index is 0.500. The lowest BCUT2D eigenvalue weighted by atomic mass is 10.3. The second kappa shape index (κ2) is 1.45. The molecule has 38 valence electrons. The molecule has 0 aromatic carbocycles. The lowest BCUT2D eigenvalue weighted by Gasteiger charge is -1.87. The van der Waals surface area contributed by atoms with Crippen LogP contribution in [0.25, 0.3) is 0 Å². The maximum atomic E-state index is 3.97. The van der Waals surface area contributed by atoms with E-state index in [9.17, 15) is 0 Å². The standard InChI is InChI=1S/C5H9N2/c1-5-3-4-6-7(5)2/h3-5H,1-2H3/q+1/t5-/m0/s1.